The number of carbonyl (C=O) groups excluding carboxylic acids is 1. The van der Waals surface area contributed by atoms with E-state index in [0.29, 0.717) is 12.6 Å². The average Bonchev–Trinajstić information content (AvgIpc) is 2.66. The Hall–Kier alpha value is -1.55. The standard InChI is InChI=1S/C16H23N3O/c1-13-11-14-5-2-3-6-15(14)19(13)12-16(20)18-9-4-7-17-8-10-18/h2-3,5-6,13,17H,4,7-12H2,1H3. The molecule has 0 radical (unpaired) electrons. The summed E-state index contributed by atoms with van der Waals surface area (Å²) in [6.45, 7) is 6.37. The van der Waals surface area contributed by atoms with Crippen LogP contribution in [0.3, 0.4) is 0 Å². The summed E-state index contributed by atoms with van der Waals surface area (Å²) in [6, 6.07) is 8.87. The van der Waals surface area contributed by atoms with Gasteiger partial charge in [-0.1, -0.05) is 18.2 Å². The molecule has 0 aliphatic carbocycles. The van der Waals surface area contributed by atoms with Gasteiger partial charge in [-0.2, -0.15) is 0 Å². The van der Waals surface area contributed by atoms with Gasteiger partial charge in [-0.15, -0.1) is 0 Å². The highest BCUT2D eigenvalue weighted by atomic mass is 16.2. The molecular weight excluding hydrogens is 250 g/mol. The van der Waals surface area contributed by atoms with Gasteiger partial charge >= 0.3 is 0 Å². The number of hydrogen-bond acceptors (Lipinski definition) is 3. The largest absolute Gasteiger partial charge is 0.359 e. The van der Waals surface area contributed by atoms with E-state index in [9.17, 15) is 4.79 Å². The molecule has 20 heavy (non-hydrogen) atoms. The molecule has 2 aliphatic rings. The SMILES string of the molecule is CC1Cc2ccccc2N1CC(=O)N1CCCNCC1. The Morgan fingerprint density at radius 3 is 3.05 bits per heavy atom. The van der Waals surface area contributed by atoms with E-state index < -0.39 is 0 Å². The fourth-order valence-electron chi connectivity index (χ4n) is 3.21. The molecule has 4 nitrogen and oxygen atoms in total. The fraction of sp³-hybridized carbons (Fsp3) is 0.562. The van der Waals surface area contributed by atoms with E-state index in [2.05, 4.69) is 41.4 Å². The molecule has 1 N–H and O–H groups in total. The van der Waals surface area contributed by atoms with Crippen molar-refractivity contribution in [1.29, 1.82) is 0 Å². The third-order valence-electron chi connectivity index (χ3n) is 4.35. The van der Waals surface area contributed by atoms with Gasteiger partial charge in [0.05, 0.1) is 6.54 Å². The molecule has 0 bridgehead atoms. The summed E-state index contributed by atoms with van der Waals surface area (Å²) in [4.78, 5) is 16.8. The van der Waals surface area contributed by atoms with Gasteiger partial charge in [-0.05, 0) is 37.9 Å². The van der Waals surface area contributed by atoms with Crippen LogP contribution in [-0.4, -0.2) is 49.6 Å². The average molecular weight is 273 g/mol. The quantitative estimate of drug-likeness (QED) is 0.881. The van der Waals surface area contributed by atoms with E-state index in [4.69, 9.17) is 0 Å². The number of amides is 1. The summed E-state index contributed by atoms with van der Waals surface area (Å²) in [5.41, 5.74) is 2.60. The van der Waals surface area contributed by atoms with Gasteiger partial charge in [0, 0.05) is 31.4 Å². The van der Waals surface area contributed by atoms with E-state index in [0.717, 1.165) is 39.0 Å². The molecule has 1 fully saturated rings. The first-order valence-corrected chi connectivity index (χ1v) is 7.59. The second-order valence-corrected chi connectivity index (χ2v) is 5.79. The highest BCUT2D eigenvalue weighted by molar-refractivity contribution is 5.82. The number of anilines is 1. The number of para-hydroxylation sites is 1. The second-order valence-electron chi connectivity index (χ2n) is 5.79. The first-order valence-electron chi connectivity index (χ1n) is 7.59. The zero-order valence-electron chi connectivity index (χ0n) is 12.1. The highest BCUT2D eigenvalue weighted by Crippen LogP contribution is 2.31. The van der Waals surface area contributed by atoms with Crippen molar-refractivity contribution >= 4 is 11.6 Å². The van der Waals surface area contributed by atoms with Crippen molar-refractivity contribution in [1.82, 2.24) is 10.2 Å². The monoisotopic (exact) mass is 273 g/mol. The van der Waals surface area contributed by atoms with Gasteiger partial charge in [0.1, 0.15) is 0 Å². The topological polar surface area (TPSA) is 35.6 Å². The molecule has 1 aromatic rings. The zero-order chi connectivity index (χ0) is 13.9. The second kappa shape index (κ2) is 5.83. The molecule has 1 unspecified atom stereocenters. The summed E-state index contributed by atoms with van der Waals surface area (Å²) in [7, 11) is 0. The summed E-state index contributed by atoms with van der Waals surface area (Å²) in [6.07, 6.45) is 2.10. The number of nitrogens with zero attached hydrogens (tertiary/aromatic N) is 2. The van der Waals surface area contributed by atoms with E-state index in [1.165, 1.54) is 11.3 Å². The van der Waals surface area contributed by atoms with Crippen molar-refractivity contribution in [2.75, 3.05) is 37.6 Å². The number of nitrogens with one attached hydrogen (secondary N) is 1. The summed E-state index contributed by atoms with van der Waals surface area (Å²) in [5.74, 6) is 0.261. The lowest BCUT2D eigenvalue weighted by atomic mass is 10.1. The molecule has 2 heterocycles. The number of hydrogen-bond donors (Lipinski definition) is 1. The summed E-state index contributed by atoms with van der Waals surface area (Å²) in [5, 5.41) is 3.34. The Balaban J connectivity index is 1.69. The molecule has 1 saturated heterocycles. The van der Waals surface area contributed by atoms with Crippen LogP contribution in [0.15, 0.2) is 24.3 Å². The number of carbonyl (C=O) groups is 1. The molecule has 108 valence electrons. The Morgan fingerprint density at radius 2 is 2.15 bits per heavy atom. The summed E-state index contributed by atoms with van der Waals surface area (Å²) < 4.78 is 0. The Kier molecular flexibility index (Phi) is 3.92. The van der Waals surface area contributed by atoms with Crippen LogP contribution in [0.1, 0.15) is 18.9 Å². The minimum absolute atomic E-state index is 0.261. The van der Waals surface area contributed by atoms with Crippen LogP contribution in [0, 0.1) is 0 Å². The lowest BCUT2D eigenvalue weighted by Gasteiger charge is -2.28. The normalized spacial score (nSPS) is 22.6. The molecule has 1 aromatic carbocycles. The highest BCUT2D eigenvalue weighted by Gasteiger charge is 2.28. The number of fused-ring (bicyclic) bond motifs is 1. The molecule has 1 atom stereocenters. The molecule has 0 aromatic heterocycles. The van der Waals surface area contributed by atoms with Gasteiger partial charge in [0.2, 0.25) is 5.91 Å². The van der Waals surface area contributed by atoms with E-state index in [1.54, 1.807) is 0 Å². The molecule has 1 amide bonds. The van der Waals surface area contributed by atoms with Crippen LogP contribution in [0.5, 0.6) is 0 Å². The molecule has 3 rings (SSSR count). The van der Waals surface area contributed by atoms with Crippen molar-refractivity contribution in [2.45, 2.75) is 25.8 Å². The Bertz CT molecular complexity index is 480. The van der Waals surface area contributed by atoms with Gasteiger partial charge in [0.25, 0.3) is 0 Å². The van der Waals surface area contributed by atoms with Crippen molar-refractivity contribution < 1.29 is 4.79 Å². The van der Waals surface area contributed by atoms with E-state index in [1.807, 2.05) is 4.90 Å². The van der Waals surface area contributed by atoms with Gasteiger partial charge in [-0.3, -0.25) is 4.79 Å². The molecule has 0 saturated carbocycles. The van der Waals surface area contributed by atoms with Crippen molar-refractivity contribution in [3.05, 3.63) is 29.8 Å². The maximum absolute atomic E-state index is 12.5. The zero-order valence-corrected chi connectivity index (χ0v) is 12.1. The van der Waals surface area contributed by atoms with Crippen LogP contribution >= 0.6 is 0 Å². The van der Waals surface area contributed by atoms with Gasteiger partial charge < -0.3 is 15.1 Å². The van der Waals surface area contributed by atoms with Crippen LogP contribution in [0.4, 0.5) is 5.69 Å². The number of rotatable bonds is 2. The predicted molar refractivity (Wildman–Crippen MR) is 81.0 cm³/mol. The predicted octanol–water partition coefficient (Wildman–Crippen LogP) is 1.26. The van der Waals surface area contributed by atoms with Gasteiger partial charge in [-0.25, -0.2) is 0 Å². The van der Waals surface area contributed by atoms with Crippen LogP contribution < -0.4 is 10.2 Å². The van der Waals surface area contributed by atoms with Crippen molar-refractivity contribution in [3.63, 3.8) is 0 Å². The van der Waals surface area contributed by atoms with Crippen molar-refractivity contribution in [3.8, 4) is 0 Å². The van der Waals surface area contributed by atoms with Crippen LogP contribution in [-0.2, 0) is 11.2 Å². The molecule has 4 heteroatoms. The third kappa shape index (κ3) is 2.66. The van der Waals surface area contributed by atoms with Crippen LogP contribution in [0.25, 0.3) is 0 Å². The Labute approximate surface area is 120 Å². The lowest BCUT2D eigenvalue weighted by Crippen LogP contribution is -2.43. The van der Waals surface area contributed by atoms with E-state index >= 15 is 0 Å². The lowest BCUT2D eigenvalue weighted by molar-refractivity contribution is -0.129. The number of benzene rings is 1. The first-order chi connectivity index (χ1) is 9.75. The van der Waals surface area contributed by atoms with Crippen LogP contribution in [0.2, 0.25) is 0 Å². The first kappa shape index (κ1) is 13.4. The minimum Gasteiger partial charge on any atom is -0.359 e. The maximum Gasteiger partial charge on any atom is 0.242 e. The Morgan fingerprint density at radius 1 is 1.30 bits per heavy atom. The summed E-state index contributed by atoms with van der Waals surface area (Å²) >= 11 is 0. The molecule has 2 aliphatic heterocycles. The maximum atomic E-state index is 12.5. The van der Waals surface area contributed by atoms with E-state index in [-0.39, 0.29) is 5.91 Å². The molecule has 0 spiro atoms. The third-order valence-corrected chi connectivity index (χ3v) is 4.35. The van der Waals surface area contributed by atoms with Gasteiger partial charge in [0.15, 0.2) is 0 Å². The minimum atomic E-state index is 0.261. The van der Waals surface area contributed by atoms with Crippen molar-refractivity contribution in [2.24, 2.45) is 0 Å². The fourth-order valence-corrected chi connectivity index (χ4v) is 3.21. The smallest absolute Gasteiger partial charge is 0.242 e. The molecular formula is C16H23N3O.